The fraction of sp³-hybridized carbons (Fsp3) is 0.0714. The number of carbonyl (C=O) groups is 1. The molecule has 0 fully saturated rings. The number of anilines is 2. The molecule has 21 heavy (non-hydrogen) atoms. The number of nitrogens with two attached hydrogens (primary N) is 1. The second-order valence-electron chi connectivity index (χ2n) is 4.09. The second-order valence-corrected chi connectivity index (χ2v) is 4.50. The maximum absolute atomic E-state index is 12.0. The number of amides is 1. The van der Waals surface area contributed by atoms with E-state index in [4.69, 9.17) is 17.3 Å². The number of alkyl halides is 2. The molecule has 2 rings (SSSR count). The Kier molecular flexibility index (Phi) is 4.59. The van der Waals surface area contributed by atoms with Crippen LogP contribution in [0.2, 0.25) is 5.02 Å². The van der Waals surface area contributed by atoms with Crippen molar-refractivity contribution in [3.8, 4) is 5.75 Å². The highest BCUT2D eigenvalue weighted by Gasteiger charge is 2.09. The van der Waals surface area contributed by atoms with Crippen molar-refractivity contribution in [1.29, 1.82) is 0 Å². The van der Waals surface area contributed by atoms with E-state index in [1.165, 1.54) is 30.3 Å². The number of hydrogen-bond donors (Lipinski definition) is 2. The smallest absolute Gasteiger partial charge is 0.387 e. The van der Waals surface area contributed by atoms with Gasteiger partial charge >= 0.3 is 6.61 Å². The fourth-order valence-electron chi connectivity index (χ4n) is 1.60. The summed E-state index contributed by atoms with van der Waals surface area (Å²) in [6.45, 7) is -2.90. The number of nitrogens with one attached hydrogen (secondary N) is 1. The van der Waals surface area contributed by atoms with E-state index in [9.17, 15) is 13.6 Å². The molecule has 0 heterocycles. The van der Waals surface area contributed by atoms with Crippen LogP contribution in [-0.2, 0) is 0 Å². The molecular formula is C14H11ClF2N2O2. The van der Waals surface area contributed by atoms with Gasteiger partial charge in [-0.1, -0.05) is 11.6 Å². The van der Waals surface area contributed by atoms with E-state index in [0.29, 0.717) is 22.0 Å². The molecule has 0 bridgehead atoms. The van der Waals surface area contributed by atoms with Crippen molar-refractivity contribution in [1.82, 2.24) is 0 Å². The summed E-state index contributed by atoms with van der Waals surface area (Å²) in [6, 6.07) is 10.0. The first-order chi connectivity index (χ1) is 9.95. The predicted octanol–water partition coefficient (Wildman–Crippen LogP) is 3.78. The summed E-state index contributed by atoms with van der Waals surface area (Å²) in [5, 5.41) is 2.95. The van der Waals surface area contributed by atoms with Crippen LogP contribution < -0.4 is 15.8 Å². The van der Waals surface area contributed by atoms with Crippen LogP contribution in [-0.4, -0.2) is 12.5 Å². The van der Waals surface area contributed by atoms with Crippen LogP contribution in [0.1, 0.15) is 10.4 Å². The lowest BCUT2D eigenvalue weighted by molar-refractivity contribution is -0.0498. The van der Waals surface area contributed by atoms with E-state index in [1.807, 2.05) is 0 Å². The minimum Gasteiger partial charge on any atom is -0.435 e. The van der Waals surface area contributed by atoms with Gasteiger partial charge in [0.1, 0.15) is 5.75 Å². The minimum absolute atomic E-state index is 0.0166. The SMILES string of the molecule is Nc1ccc(NC(=O)c2ccc(OC(F)F)cc2)cc1Cl. The van der Waals surface area contributed by atoms with E-state index in [0.717, 1.165) is 0 Å². The molecule has 0 spiro atoms. The molecule has 2 aromatic carbocycles. The Morgan fingerprint density at radius 3 is 2.43 bits per heavy atom. The zero-order chi connectivity index (χ0) is 15.4. The topological polar surface area (TPSA) is 64.3 Å². The van der Waals surface area contributed by atoms with Gasteiger partial charge in [-0.25, -0.2) is 0 Å². The number of ether oxygens (including phenoxy) is 1. The van der Waals surface area contributed by atoms with Crippen LogP contribution in [0.5, 0.6) is 5.75 Å². The first kappa shape index (κ1) is 15.1. The Bertz CT molecular complexity index is 648. The Morgan fingerprint density at radius 2 is 1.86 bits per heavy atom. The normalized spacial score (nSPS) is 10.5. The Morgan fingerprint density at radius 1 is 1.19 bits per heavy atom. The van der Waals surface area contributed by atoms with Crippen LogP contribution in [0.15, 0.2) is 42.5 Å². The van der Waals surface area contributed by atoms with Crippen molar-refractivity contribution < 1.29 is 18.3 Å². The molecule has 4 nitrogen and oxygen atoms in total. The van der Waals surface area contributed by atoms with Crippen LogP contribution in [0, 0.1) is 0 Å². The number of rotatable bonds is 4. The first-order valence-electron chi connectivity index (χ1n) is 5.87. The largest absolute Gasteiger partial charge is 0.435 e. The number of nitrogen functional groups attached to an aromatic ring is 1. The van der Waals surface area contributed by atoms with Crippen molar-refractivity contribution in [3.05, 3.63) is 53.1 Å². The molecule has 0 saturated carbocycles. The molecule has 0 aromatic heterocycles. The molecule has 2 aromatic rings. The molecule has 0 unspecified atom stereocenters. The lowest BCUT2D eigenvalue weighted by atomic mass is 10.2. The van der Waals surface area contributed by atoms with Crippen LogP contribution >= 0.6 is 11.6 Å². The van der Waals surface area contributed by atoms with Gasteiger partial charge in [-0.15, -0.1) is 0 Å². The van der Waals surface area contributed by atoms with Gasteiger partial charge in [0.15, 0.2) is 0 Å². The number of carbonyl (C=O) groups excluding carboxylic acids is 1. The van der Waals surface area contributed by atoms with E-state index in [1.54, 1.807) is 12.1 Å². The van der Waals surface area contributed by atoms with Gasteiger partial charge < -0.3 is 15.8 Å². The van der Waals surface area contributed by atoms with Crippen LogP contribution in [0.3, 0.4) is 0 Å². The van der Waals surface area contributed by atoms with Gasteiger partial charge in [-0.3, -0.25) is 4.79 Å². The summed E-state index contributed by atoms with van der Waals surface area (Å²) in [5.74, 6) is -0.420. The van der Waals surface area contributed by atoms with E-state index in [2.05, 4.69) is 10.1 Å². The zero-order valence-corrected chi connectivity index (χ0v) is 11.4. The summed E-state index contributed by atoms with van der Waals surface area (Å²) in [5.41, 5.74) is 6.75. The standard InChI is InChI=1S/C14H11ClF2N2O2/c15-11-7-9(3-6-12(11)18)19-13(20)8-1-4-10(5-2-8)21-14(16)17/h1-7,14H,18H2,(H,19,20). The lowest BCUT2D eigenvalue weighted by Crippen LogP contribution is -2.12. The highest BCUT2D eigenvalue weighted by atomic mass is 35.5. The fourth-order valence-corrected chi connectivity index (χ4v) is 1.78. The van der Waals surface area contributed by atoms with Gasteiger partial charge in [-0.05, 0) is 42.5 Å². The van der Waals surface area contributed by atoms with Crippen molar-refractivity contribution in [2.24, 2.45) is 0 Å². The van der Waals surface area contributed by atoms with Crippen LogP contribution in [0.25, 0.3) is 0 Å². The van der Waals surface area contributed by atoms with Crippen molar-refractivity contribution in [3.63, 3.8) is 0 Å². The third-order valence-corrected chi connectivity index (χ3v) is 2.93. The van der Waals surface area contributed by atoms with E-state index < -0.39 is 12.5 Å². The van der Waals surface area contributed by atoms with Crippen molar-refractivity contribution in [2.45, 2.75) is 6.61 Å². The summed E-state index contributed by atoms with van der Waals surface area (Å²) in [7, 11) is 0. The van der Waals surface area contributed by atoms with Gasteiger partial charge in [0.2, 0.25) is 0 Å². The third kappa shape index (κ3) is 4.06. The predicted molar refractivity (Wildman–Crippen MR) is 76.9 cm³/mol. The molecule has 0 aliphatic heterocycles. The van der Waals surface area contributed by atoms with Gasteiger partial charge in [0, 0.05) is 11.3 Å². The van der Waals surface area contributed by atoms with Gasteiger partial charge in [-0.2, -0.15) is 8.78 Å². The number of halogens is 3. The maximum Gasteiger partial charge on any atom is 0.387 e. The van der Waals surface area contributed by atoms with Gasteiger partial charge in [0.25, 0.3) is 5.91 Å². The Labute approximate surface area is 124 Å². The molecule has 7 heteroatoms. The Hall–Kier alpha value is -2.34. The maximum atomic E-state index is 12.0. The quantitative estimate of drug-likeness (QED) is 0.845. The summed E-state index contributed by atoms with van der Waals surface area (Å²) < 4.78 is 28.2. The van der Waals surface area contributed by atoms with Gasteiger partial charge in [0.05, 0.1) is 10.7 Å². The molecule has 0 radical (unpaired) electrons. The number of benzene rings is 2. The lowest BCUT2D eigenvalue weighted by Gasteiger charge is -2.08. The van der Waals surface area contributed by atoms with E-state index in [-0.39, 0.29) is 5.75 Å². The van der Waals surface area contributed by atoms with E-state index >= 15 is 0 Å². The third-order valence-electron chi connectivity index (χ3n) is 2.60. The molecular weight excluding hydrogens is 302 g/mol. The molecule has 0 aliphatic rings. The van der Waals surface area contributed by atoms with Crippen molar-refractivity contribution in [2.75, 3.05) is 11.1 Å². The first-order valence-corrected chi connectivity index (χ1v) is 6.25. The molecule has 3 N–H and O–H groups in total. The molecule has 0 aliphatic carbocycles. The Balaban J connectivity index is 2.07. The molecule has 0 atom stereocenters. The average molecular weight is 313 g/mol. The number of hydrogen-bond acceptors (Lipinski definition) is 3. The molecule has 110 valence electrons. The average Bonchev–Trinajstić information content (AvgIpc) is 2.43. The van der Waals surface area contributed by atoms with Crippen molar-refractivity contribution >= 4 is 28.9 Å². The second kappa shape index (κ2) is 6.41. The molecule has 1 amide bonds. The monoisotopic (exact) mass is 312 g/mol. The highest BCUT2D eigenvalue weighted by Crippen LogP contribution is 2.23. The van der Waals surface area contributed by atoms with Crippen LogP contribution in [0.4, 0.5) is 20.2 Å². The molecule has 0 saturated heterocycles. The zero-order valence-electron chi connectivity index (χ0n) is 10.6. The minimum atomic E-state index is -2.90. The summed E-state index contributed by atoms with van der Waals surface area (Å²) in [4.78, 5) is 12.0. The summed E-state index contributed by atoms with van der Waals surface area (Å²) >= 11 is 5.85. The summed E-state index contributed by atoms with van der Waals surface area (Å²) in [6.07, 6.45) is 0. The highest BCUT2D eigenvalue weighted by molar-refractivity contribution is 6.33.